The van der Waals surface area contributed by atoms with Crippen molar-refractivity contribution in [3.63, 3.8) is 0 Å². The molecular weight excluding hydrogens is 265 g/mol. The lowest BCUT2D eigenvalue weighted by atomic mass is 9.97. The summed E-state index contributed by atoms with van der Waals surface area (Å²) in [4.78, 5) is 0. The highest BCUT2D eigenvalue weighted by Gasteiger charge is 2.58. The van der Waals surface area contributed by atoms with Gasteiger partial charge in [0.1, 0.15) is 6.10 Å². The van der Waals surface area contributed by atoms with Crippen molar-refractivity contribution in [2.45, 2.75) is 24.5 Å². The first-order chi connectivity index (χ1) is 8.81. The number of ether oxygens (including phenoxy) is 1. The predicted octanol–water partition coefficient (Wildman–Crippen LogP) is 0.850. The van der Waals surface area contributed by atoms with E-state index < -0.39 is 31.1 Å². The van der Waals surface area contributed by atoms with Crippen LogP contribution in [0.2, 0.25) is 0 Å². The molecule has 0 spiro atoms. The minimum Gasteiger partial charge on any atom is -0.394 e. The molecule has 1 rings (SSSR count). The van der Waals surface area contributed by atoms with E-state index in [2.05, 4.69) is 0 Å². The molecule has 0 heterocycles. The Bertz CT molecular complexity index is 382. The third-order valence-electron chi connectivity index (χ3n) is 2.65. The Labute approximate surface area is 108 Å². The fourth-order valence-corrected chi connectivity index (χ4v) is 1.42. The molecule has 0 saturated heterocycles. The number of aliphatic hydroxyl groups excluding tert-OH is 2. The van der Waals surface area contributed by atoms with Crippen molar-refractivity contribution in [2.75, 3.05) is 13.2 Å². The summed E-state index contributed by atoms with van der Waals surface area (Å²) in [5.41, 5.74) is -2.86. The standard InChI is InChI=1S/C12H15F3O4/c13-12(14,15)11(18,10(17)6-16)8-19-7-9-4-2-1-3-5-9/h1-5,10,16-18H,6-8H2. The predicted molar refractivity (Wildman–Crippen MR) is 60.2 cm³/mol. The monoisotopic (exact) mass is 280 g/mol. The Morgan fingerprint density at radius 2 is 1.74 bits per heavy atom. The van der Waals surface area contributed by atoms with Crippen LogP contribution in [0.15, 0.2) is 30.3 Å². The van der Waals surface area contributed by atoms with Gasteiger partial charge in [0.25, 0.3) is 0 Å². The molecular formula is C12H15F3O4. The van der Waals surface area contributed by atoms with Crippen LogP contribution in [0.1, 0.15) is 5.56 Å². The van der Waals surface area contributed by atoms with Crippen molar-refractivity contribution in [1.29, 1.82) is 0 Å². The Morgan fingerprint density at radius 3 is 2.21 bits per heavy atom. The summed E-state index contributed by atoms with van der Waals surface area (Å²) in [5, 5.41) is 27.1. The van der Waals surface area contributed by atoms with Gasteiger partial charge in [0.15, 0.2) is 0 Å². The minimum atomic E-state index is -5.11. The highest BCUT2D eigenvalue weighted by molar-refractivity contribution is 5.13. The third kappa shape index (κ3) is 3.90. The van der Waals surface area contributed by atoms with E-state index in [-0.39, 0.29) is 6.61 Å². The zero-order chi connectivity index (χ0) is 14.5. The molecule has 2 unspecified atom stereocenters. The first kappa shape index (κ1) is 15.9. The van der Waals surface area contributed by atoms with Crippen LogP contribution in [0.5, 0.6) is 0 Å². The fourth-order valence-electron chi connectivity index (χ4n) is 1.42. The van der Waals surface area contributed by atoms with Gasteiger partial charge in [0, 0.05) is 0 Å². The molecule has 7 heteroatoms. The summed E-state index contributed by atoms with van der Waals surface area (Å²) in [6, 6.07) is 8.42. The van der Waals surface area contributed by atoms with Crippen LogP contribution in [-0.4, -0.2) is 46.4 Å². The van der Waals surface area contributed by atoms with Crippen LogP contribution in [0, 0.1) is 0 Å². The van der Waals surface area contributed by atoms with E-state index in [1.165, 1.54) is 0 Å². The van der Waals surface area contributed by atoms with Gasteiger partial charge in [0.2, 0.25) is 5.60 Å². The molecule has 1 aromatic rings. The maximum atomic E-state index is 12.7. The topological polar surface area (TPSA) is 69.9 Å². The molecule has 19 heavy (non-hydrogen) atoms. The molecule has 2 atom stereocenters. The van der Waals surface area contributed by atoms with Crippen LogP contribution < -0.4 is 0 Å². The highest BCUT2D eigenvalue weighted by Crippen LogP contribution is 2.33. The summed E-state index contributed by atoms with van der Waals surface area (Å²) in [5.74, 6) is 0. The number of aliphatic hydroxyl groups is 3. The van der Waals surface area contributed by atoms with Crippen molar-refractivity contribution in [2.24, 2.45) is 0 Å². The van der Waals surface area contributed by atoms with Gasteiger partial charge >= 0.3 is 6.18 Å². The van der Waals surface area contributed by atoms with Crippen molar-refractivity contribution in [1.82, 2.24) is 0 Å². The van der Waals surface area contributed by atoms with Gasteiger partial charge in [-0.15, -0.1) is 0 Å². The molecule has 1 aromatic carbocycles. The first-order valence-corrected chi connectivity index (χ1v) is 5.51. The molecule has 0 aliphatic carbocycles. The van der Waals surface area contributed by atoms with Gasteiger partial charge in [-0.2, -0.15) is 13.2 Å². The first-order valence-electron chi connectivity index (χ1n) is 5.51. The number of hydrogen-bond donors (Lipinski definition) is 3. The third-order valence-corrected chi connectivity index (χ3v) is 2.65. The van der Waals surface area contributed by atoms with Gasteiger partial charge in [-0.3, -0.25) is 0 Å². The van der Waals surface area contributed by atoms with Gasteiger partial charge in [0.05, 0.1) is 19.8 Å². The molecule has 0 bridgehead atoms. The Kier molecular flexibility index (Phi) is 5.30. The smallest absolute Gasteiger partial charge is 0.394 e. The molecule has 0 saturated carbocycles. The number of halogens is 3. The van der Waals surface area contributed by atoms with Crippen molar-refractivity contribution in [3.05, 3.63) is 35.9 Å². The summed E-state index contributed by atoms with van der Waals surface area (Å²) < 4.78 is 42.8. The molecule has 0 aliphatic rings. The number of rotatable bonds is 6. The van der Waals surface area contributed by atoms with E-state index in [1.807, 2.05) is 0 Å². The van der Waals surface area contributed by atoms with E-state index >= 15 is 0 Å². The van der Waals surface area contributed by atoms with Gasteiger partial charge in [-0.1, -0.05) is 30.3 Å². The molecule has 4 nitrogen and oxygen atoms in total. The molecule has 0 fully saturated rings. The van der Waals surface area contributed by atoms with Crippen LogP contribution in [-0.2, 0) is 11.3 Å². The zero-order valence-corrected chi connectivity index (χ0v) is 9.97. The molecule has 0 aromatic heterocycles. The van der Waals surface area contributed by atoms with E-state index in [4.69, 9.17) is 14.9 Å². The largest absolute Gasteiger partial charge is 0.422 e. The van der Waals surface area contributed by atoms with E-state index in [0.29, 0.717) is 5.56 Å². The molecule has 0 radical (unpaired) electrons. The molecule has 0 amide bonds. The zero-order valence-electron chi connectivity index (χ0n) is 9.97. The number of benzene rings is 1. The molecule has 3 N–H and O–H groups in total. The van der Waals surface area contributed by atoms with Crippen LogP contribution in [0.25, 0.3) is 0 Å². The van der Waals surface area contributed by atoms with Crippen molar-refractivity contribution < 1.29 is 33.2 Å². The molecule has 0 aliphatic heterocycles. The second-order valence-corrected chi connectivity index (χ2v) is 4.10. The quantitative estimate of drug-likeness (QED) is 0.722. The number of hydrogen-bond acceptors (Lipinski definition) is 4. The average Bonchev–Trinajstić information content (AvgIpc) is 2.37. The lowest BCUT2D eigenvalue weighted by molar-refractivity contribution is -0.308. The van der Waals surface area contributed by atoms with Gasteiger partial charge in [-0.05, 0) is 5.56 Å². The lowest BCUT2D eigenvalue weighted by Gasteiger charge is -2.33. The van der Waals surface area contributed by atoms with E-state index in [9.17, 15) is 18.3 Å². The SMILES string of the molecule is OCC(O)C(O)(COCc1ccccc1)C(F)(F)F. The summed E-state index contributed by atoms with van der Waals surface area (Å²) >= 11 is 0. The van der Waals surface area contributed by atoms with Crippen molar-refractivity contribution >= 4 is 0 Å². The maximum Gasteiger partial charge on any atom is 0.422 e. The molecule has 108 valence electrons. The van der Waals surface area contributed by atoms with Crippen LogP contribution in [0.3, 0.4) is 0 Å². The van der Waals surface area contributed by atoms with Crippen molar-refractivity contribution in [3.8, 4) is 0 Å². The van der Waals surface area contributed by atoms with E-state index in [0.717, 1.165) is 0 Å². The normalized spacial score (nSPS) is 16.9. The lowest BCUT2D eigenvalue weighted by Crippen LogP contribution is -2.59. The Morgan fingerprint density at radius 1 is 1.16 bits per heavy atom. The maximum absolute atomic E-state index is 12.7. The van der Waals surface area contributed by atoms with Crippen LogP contribution in [0.4, 0.5) is 13.2 Å². The average molecular weight is 280 g/mol. The highest BCUT2D eigenvalue weighted by atomic mass is 19.4. The second kappa shape index (κ2) is 6.33. The minimum absolute atomic E-state index is 0.141. The Hall–Kier alpha value is -1.15. The van der Waals surface area contributed by atoms with Crippen LogP contribution >= 0.6 is 0 Å². The number of alkyl halides is 3. The van der Waals surface area contributed by atoms with Gasteiger partial charge in [-0.25, -0.2) is 0 Å². The summed E-state index contributed by atoms with van der Waals surface area (Å²) in [6.45, 7) is -2.52. The fraction of sp³-hybridized carbons (Fsp3) is 0.500. The summed E-state index contributed by atoms with van der Waals surface area (Å²) in [6.07, 6.45) is -7.46. The Balaban J connectivity index is 2.65. The second-order valence-electron chi connectivity index (χ2n) is 4.10. The van der Waals surface area contributed by atoms with Gasteiger partial charge < -0.3 is 20.1 Å². The van der Waals surface area contributed by atoms with E-state index in [1.54, 1.807) is 30.3 Å². The summed E-state index contributed by atoms with van der Waals surface area (Å²) in [7, 11) is 0.